The van der Waals surface area contributed by atoms with Crippen LogP contribution >= 0.6 is 0 Å². The van der Waals surface area contributed by atoms with E-state index in [2.05, 4.69) is 60.3 Å². The lowest BCUT2D eigenvalue weighted by atomic mass is 9.97. The van der Waals surface area contributed by atoms with Crippen LogP contribution in [0.25, 0.3) is 11.5 Å². The first-order valence-electron chi connectivity index (χ1n) is 13.9. The van der Waals surface area contributed by atoms with Crippen molar-refractivity contribution < 1.29 is 14.3 Å². The number of urea groups is 1. The van der Waals surface area contributed by atoms with E-state index < -0.39 is 0 Å². The van der Waals surface area contributed by atoms with Crippen molar-refractivity contribution in [1.82, 2.24) is 19.2 Å². The number of anilines is 1. The molecule has 2 aliphatic heterocycles. The van der Waals surface area contributed by atoms with Crippen LogP contribution in [0.4, 0.5) is 10.5 Å². The zero-order valence-electron chi connectivity index (χ0n) is 23.2. The zero-order chi connectivity index (χ0) is 28.1. The second-order valence-corrected chi connectivity index (χ2v) is 10.8. The number of fused-ring (bicyclic) bond motifs is 4. The zero-order valence-corrected chi connectivity index (χ0v) is 23.2. The van der Waals surface area contributed by atoms with Gasteiger partial charge in [-0.3, -0.25) is 0 Å². The van der Waals surface area contributed by atoms with Crippen molar-refractivity contribution >= 4 is 11.7 Å². The summed E-state index contributed by atoms with van der Waals surface area (Å²) in [7, 11) is 0. The van der Waals surface area contributed by atoms with Crippen molar-refractivity contribution in [3.8, 4) is 23.0 Å². The van der Waals surface area contributed by atoms with Crippen LogP contribution in [0.5, 0.6) is 11.5 Å². The number of ether oxygens (including phenoxy) is 2. The summed E-state index contributed by atoms with van der Waals surface area (Å²) in [4.78, 5) is 16.1. The molecule has 1 N–H and O–H groups in total. The van der Waals surface area contributed by atoms with Gasteiger partial charge < -0.3 is 24.3 Å². The summed E-state index contributed by atoms with van der Waals surface area (Å²) in [6, 6.07) is 27.8. The first kappa shape index (κ1) is 25.0. The summed E-state index contributed by atoms with van der Waals surface area (Å²) >= 11 is 0. The van der Waals surface area contributed by atoms with E-state index in [0.29, 0.717) is 29.6 Å². The van der Waals surface area contributed by atoms with Gasteiger partial charge in [-0.05, 0) is 60.4 Å². The highest BCUT2D eigenvalue weighted by atomic mass is 16.7. The molecule has 8 heteroatoms. The lowest BCUT2D eigenvalue weighted by Gasteiger charge is -2.31. The first-order valence-corrected chi connectivity index (χ1v) is 13.9. The number of para-hydroxylation sites is 1. The maximum absolute atomic E-state index is 14.2. The Bertz CT molecular complexity index is 1740. The first-order chi connectivity index (χ1) is 20.0. The average molecular weight is 546 g/mol. The molecule has 0 saturated heterocycles. The van der Waals surface area contributed by atoms with E-state index in [0.717, 1.165) is 34.0 Å². The van der Waals surface area contributed by atoms with Crippen LogP contribution in [0, 0.1) is 6.92 Å². The summed E-state index contributed by atoms with van der Waals surface area (Å²) in [5.41, 5.74) is 6.76. The van der Waals surface area contributed by atoms with Gasteiger partial charge in [-0.25, -0.2) is 9.48 Å². The molecule has 0 fully saturated rings. The van der Waals surface area contributed by atoms with Crippen molar-refractivity contribution in [2.75, 3.05) is 12.1 Å². The standard InChI is InChI=1S/C33H31N5O3/c1-21(2)23-11-13-24(14-12-23)31-28-10-7-17-36(28)32-27(22(3)35-38(32)26-8-5-4-6-9-26)19-37(31)33(39)34-25-15-16-29-30(18-25)41-20-40-29/h4-18,21,31H,19-20H2,1-3H3,(H,34,39)/t31-/m1/s1. The minimum Gasteiger partial charge on any atom is -0.454 e. The smallest absolute Gasteiger partial charge is 0.322 e. The van der Waals surface area contributed by atoms with Crippen molar-refractivity contribution in [2.45, 2.75) is 39.3 Å². The molecule has 0 unspecified atom stereocenters. The molecule has 2 aliphatic rings. The van der Waals surface area contributed by atoms with E-state index >= 15 is 0 Å². The molecule has 2 amide bonds. The number of nitrogens with zero attached hydrogens (tertiary/aromatic N) is 4. The number of carbonyl (C=O) groups excluding carboxylic acids is 1. The Balaban J connectivity index is 1.37. The number of aromatic nitrogens is 3. The number of carbonyl (C=O) groups is 1. The molecule has 0 bridgehead atoms. The van der Waals surface area contributed by atoms with Gasteiger partial charge >= 0.3 is 6.03 Å². The molecule has 41 heavy (non-hydrogen) atoms. The average Bonchev–Trinajstić information content (AvgIpc) is 3.70. The highest BCUT2D eigenvalue weighted by molar-refractivity contribution is 5.90. The van der Waals surface area contributed by atoms with E-state index in [9.17, 15) is 4.79 Å². The molecule has 5 aromatic rings. The van der Waals surface area contributed by atoms with E-state index in [4.69, 9.17) is 14.6 Å². The summed E-state index contributed by atoms with van der Waals surface area (Å²) in [5.74, 6) is 2.65. The van der Waals surface area contributed by atoms with Crippen LogP contribution in [-0.2, 0) is 6.54 Å². The van der Waals surface area contributed by atoms with Crippen molar-refractivity contribution in [3.05, 3.63) is 119 Å². The fourth-order valence-electron chi connectivity index (χ4n) is 5.73. The SMILES string of the molecule is Cc1nn(-c2ccccc2)c2c1CN(C(=O)Nc1ccc3c(c1)OCO3)[C@H](c1ccc(C(C)C)cc1)c1cccn1-2. The predicted octanol–water partition coefficient (Wildman–Crippen LogP) is 6.96. The number of hydrogen-bond acceptors (Lipinski definition) is 4. The number of hydrogen-bond donors (Lipinski definition) is 1. The number of benzene rings is 3. The number of nitrogens with one attached hydrogen (secondary N) is 1. The van der Waals surface area contributed by atoms with Crippen LogP contribution in [0.2, 0.25) is 0 Å². The van der Waals surface area contributed by atoms with Crippen molar-refractivity contribution in [1.29, 1.82) is 0 Å². The Morgan fingerprint density at radius 2 is 1.73 bits per heavy atom. The van der Waals surface area contributed by atoms with Gasteiger partial charge in [-0.2, -0.15) is 5.10 Å². The second kappa shape index (κ2) is 9.89. The topological polar surface area (TPSA) is 73.6 Å². The summed E-state index contributed by atoms with van der Waals surface area (Å²) in [6.07, 6.45) is 2.06. The molecule has 0 radical (unpaired) electrons. The third-order valence-electron chi connectivity index (χ3n) is 7.89. The van der Waals surface area contributed by atoms with Crippen molar-refractivity contribution in [3.63, 3.8) is 0 Å². The van der Waals surface area contributed by atoms with Gasteiger partial charge in [0, 0.05) is 23.5 Å². The third-order valence-corrected chi connectivity index (χ3v) is 7.89. The quantitative estimate of drug-likeness (QED) is 0.265. The predicted molar refractivity (Wildman–Crippen MR) is 157 cm³/mol. The fraction of sp³-hybridized carbons (Fsp3) is 0.212. The second-order valence-electron chi connectivity index (χ2n) is 10.8. The van der Waals surface area contributed by atoms with Gasteiger partial charge in [0.2, 0.25) is 6.79 Å². The van der Waals surface area contributed by atoms with Crippen LogP contribution in [-0.4, -0.2) is 32.1 Å². The molecule has 8 nitrogen and oxygen atoms in total. The van der Waals surface area contributed by atoms with Crippen LogP contribution in [0.3, 0.4) is 0 Å². The van der Waals surface area contributed by atoms with Gasteiger partial charge in [-0.15, -0.1) is 0 Å². The molecule has 2 aromatic heterocycles. The molecule has 206 valence electrons. The minimum absolute atomic E-state index is 0.178. The van der Waals surface area contributed by atoms with Crippen molar-refractivity contribution in [2.24, 2.45) is 0 Å². The van der Waals surface area contributed by atoms with E-state index in [-0.39, 0.29) is 18.9 Å². The van der Waals surface area contributed by atoms with Gasteiger partial charge in [0.25, 0.3) is 0 Å². The Hall–Kier alpha value is -4.98. The Kier molecular flexibility index (Phi) is 6.03. The molecular formula is C33H31N5O3. The molecule has 1 atom stereocenters. The normalized spacial score (nSPS) is 15.4. The third kappa shape index (κ3) is 4.32. The molecule has 0 aliphatic carbocycles. The van der Waals surface area contributed by atoms with Crippen LogP contribution in [0.1, 0.15) is 53.9 Å². The summed E-state index contributed by atoms with van der Waals surface area (Å²) in [5, 5.41) is 8.06. The Morgan fingerprint density at radius 1 is 0.951 bits per heavy atom. The lowest BCUT2D eigenvalue weighted by Crippen LogP contribution is -2.38. The fourth-order valence-corrected chi connectivity index (χ4v) is 5.73. The maximum Gasteiger partial charge on any atom is 0.322 e. The molecule has 3 aromatic carbocycles. The highest BCUT2D eigenvalue weighted by Crippen LogP contribution is 2.40. The molecule has 4 heterocycles. The van der Waals surface area contributed by atoms with Gasteiger partial charge in [-0.1, -0.05) is 56.3 Å². The van der Waals surface area contributed by atoms with E-state index in [1.165, 1.54) is 5.56 Å². The molecule has 0 saturated carbocycles. The Labute approximate surface area is 238 Å². The van der Waals surface area contributed by atoms with Gasteiger partial charge in [0.05, 0.1) is 29.7 Å². The molecule has 0 spiro atoms. The van der Waals surface area contributed by atoms with Gasteiger partial charge in [0.15, 0.2) is 11.5 Å². The number of rotatable bonds is 4. The Morgan fingerprint density at radius 3 is 2.51 bits per heavy atom. The van der Waals surface area contributed by atoms with E-state index in [1.807, 2.05) is 65.0 Å². The lowest BCUT2D eigenvalue weighted by molar-refractivity contribution is 0.174. The monoisotopic (exact) mass is 545 g/mol. The van der Waals surface area contributed by atoms with E-state index in [1.54, 1.807) is 6.07 Å². The highest BCUT2D eigenvalue weighted by Gasteiger charge is 2.36. The molecule has 7 rings (SSSR count). The van der Waals surface area contributed by atoms with Gasteiger partial charge in [0.1, 0.15) is 5.82 Å². The number of amides is 2. The maximum atomic E-state index is 14.2. The number of aryl methyl sites for hydroxylation is 1. The van der Waals surface area contributed by atoms with Crippen LogP contribution in [0.15, 0.2) is 91.1 Å². The summed E-state index contributed by atoms with van der Waals surface area (Å²) < 4.78 is 15.2. The summed E-state index contributed by atoms with van der Waals surface area (Å²) in [6.45, 7) is 6.94. The minimum atomic E-state index is -0.337. The largest absolute Gasteiger partial charge is 0.454 e. The molecular weight excluding hydrogens is 514 g/mol. The van der Waals surface area contributed by atoms with Crippen LogP contribution < -0.4 is 14.8 Å².